The van der Waals surface area contributed by atoms with Gasteiger partial charge in [-0.15, -0.1) is 0 Å². The summed E-state index contributed by atoms with van der Waals surface area (Å²) in [4.78, 5) is 41.5. The van der Waals surface area contributed by atoms with Crippen LogP contribution in [0.15, 0.2) is 75.9 Å². The Bertz CT molecular complexity index is 1750. The second-order valence-corrected chi connectivity index (χ2v) is 9.42. The summed E-state index contributed by atoms with van der Waals surface area (Å²) in [6.07, 6.45) is 0. The highest BCUT2D eigenvalue weighted by molar-refractivity contribution is 6.08. The number of Topliss-reactive ketones (excluding diaryl/α,β-unsaturated/α-hetero) is 1. The number of carbonyl (C=O) groups excluding carboxylic acids is 2. The average molecular weight is 539 g/mol. The molecule has 0 fully saturated rings. The summed E-state index contributed by atoms with van der Waals surface area (Å²) in [5.41, 5.74) is 5.57. The SMILES string of the molecule is CCNCC(=O)Nc1ccc(-c2nc(=O)n(CCOC)c3c2oc2ccc(-c4ccc(C(C)=O)cc4)cc23)cc1. The van der Waals surface area contributed by atoms with Crippen LogP contribution in [0.1, 0.15) is 24.2 Å². The quantitative estimate of drug-likeness (QED) is 0.244. The predicted octanol–water partition coefficient (Wildman–Crippen LogP) is 4.87. The van der Waals surface area contributed by atoms with Crippen LogP contribution in [0.5, 0.6) is 0 Å². The molecule has 0 aliphatic carbocycles. The Hall–Kier alpha value is -4.60. The number of likely N-dealkylation sites (N-methyl/N-ethyl adjacent to an activating group) is 1. The minimum atomic E-state index is -0.415. The lowest BCUT2D eigenvalue weighted by atomic mass is 10.0. The van der Waals surface area contributed by atoms with E-state index in [2.05, 4.69) is 15.6 Å². The number of carbonyl (C=O) groups is 2. The third-order valence-corrected chi connectivity index (χ3v) is 6.71. The van der Waals surface area contributed by atoms with Gasteiger partial charge in [0.05, 0.1) is 19.7 Å². The minimum absolute atomic E-state index is 0.00827. The van der Waals surface area contributed by atoms with Crippen LogP contribution in [-0.4, -0.2) is 48.0 Å². The van der Waals surface area contributed by atoms with E-state index in [4.69, 9.17) is 9.15 Å². The molecule has 2 aromatic heterocycles. The standard InChI is InChI=1S/C31H30N4O5/c1-4-32-18-27(37)33-24-12-9-22(10-13-24)28-30-29(35(15-16-39-3)31(38)34-28)25-17-23(11-14-26(25)40-30)21-7-5-20(6-8-21)19(2)36/h5-14,17,32H,4,15-16,18H2,1-3H3,(H,33,37). The van der Waals surface area contributed by atoms with Crippen molar-refractivity contribution in [1.82, 2.24) is 14.9 Å². The highest BCUT2D eigenvalue weighted by Crippen LogP contribution is 2.36. The van der Waals surface area contributed by atoms with Gasteiger partial charge in [-0.05, 0) is 48.9 Å². The van der Waals surface area contributed by atoms with Gasteiger partial charge in [-0.2, -0.15) is 4.98 Å². The Morgan fingerprint density at radius 1 is 0.975 bits per heavy atom. The van der Waals surface area contributed by atoms with E-state index in [9.17, 15) is 14.4 Å². The molecule has 0 unspecified atom stereocenters. The summed E-state index contributed by atoms with van der Waals surface area (Å²) >= 11 is 0. The minimum Gasteiger partial charge on any atom is -0.452 e. The largest absolute Gasteiger partial charge is 0.452 e. The zero-order chi connectivity index (χ0) is 28.2. The maximum atomic E-state index is 13.3. The molecule has 0 spiro atoms. The number of nitrogens with zero attached hydrogens (tertiary/aromatic N) is 2. The van der Waals surface area contributed by atoms with Crippen molar-refractivity contribution in [1.29, 1.82) is 0 Å². The Morgan fingerprint density at radius 2 is 1.68 bits per heavy atom. The van der Waals surface area contributed by atoms with Gasteiger partial charge in [0.1, 0.15) is 16.8 Å². The number of amides is 1. The number of nitrogens with one attached hydrogen (secondary N) is 2. The second-order valence-electron chi connectivity index (χ2n) is 9.42. The molecule has 0 saturated heterocycles. The molecule has 0 bridgehead atoms. The summed E-state index contributed by atoms with van der Waals surface area (Å²) in [7, 11) is 1.58. The first kappa shape index (κ1) is 27.0. The van der Waals surface area contributed by atoms with Gasteiger partial charge in [0, 0.05) is 29.3 Å². The highest BCUT2D eigenvalue weighted by Gasteiger charge is 2.20. The summed E-state index contributed by atoms with van der Waals surface area (Å²) < 4.78 is 13.1. The second kappa shape index (κ2) is 11.6. The van der Waals surface area contributed by atoms with Crippen molar-refractivity contribution >= 4 is 39.4 Å². The number of ether oxygens (including phenoxy) is 1. The lowest BCUT2D eigenvalue weighted by Gasteiger charge is -2.10. The maximum Gasteiger partial charge on any atom is 0.348 e. The van der Waals surface area contributed by atoms with Crippen LogP contribution in [0.3, 0.4) is 0 Å². The van der Waals surface area contributed by atoms with Gasteiger partial charge < -0.3 is 19.8 Å². The van der Waals surface area contributed by atoms with Crippen LogP contribution < -0.4 is 16.3 Å². The molecule has 0 saturated carbocycles. The van der Waals surface area contributed by atoms with E-state index in [0.717, 1.165) is 16.5 Å². The number of methoxy groups -OCH3 is 1. The molecule has 5 rings (SSSR count). The van der Waals surface area contributed by atoms with Crippen molar-refractivity contribution in [2.75, 3.05) is 32.1 Å². The van der Waals surface area contributed by atoms with Crippen molar-refractivity contribution in [2.24, 2.45) is 0 Å². The number of aromatic nitrogens is 2. The Balaban J connectivity index is 1.61. The van der Waals surface area contributed by atoms with E-state index in [1.807, 2.05) is 37.3 Å². The highest BCUT2D eigenvalue weighted by atomic mass is 16.5. The third kappa shape index (κ3) is 5.42. The van der Waals surface area contributed by atoms with Crippen molar-refractivity contribution in [3.63, 3.8) is 0 Å². The molecule has 2 N–H and O–H groups in total. The molecule has 0 aliphatic heterocycles. The van der Waals surface area contributed by atoms with Crippen LogP contribution in [0, 0.1) is 0 Å². The van der Waals surface area contributed by atoms with Gasteiger partial charge in [0.15, 0.2) is 11.4 Å². The molecule has 204 valence electrons. The van der Waals surface area contributed by atoms with Gasteiger partial charge in [-0.25, -0.2) is 4.79 Å². The molecule has 0 radical (unpaired) electrons. The molecular formula is C31H30N4O5. The summed E-state index contributed by atoms with van der Waals surface area (Å²) in [5.74, 6) is -0.131. The van der Waals surface area contributed by atoms with Crippen LogP contribution in [0.2, 0.25) is 0 Å². The molecular weight excluding hydrogens is 508 g/mol. The first-order valence-corrected chi connectivity index (χ1v) is 13.1. The van der Waals surface area contributed by atoms with E-state index in [0.29, 0.717) is 58.9 Å². The summed E-state index contributed by atoms with van der Waals surface area (Å²) in [6.45, 7) is 5.04. The molecule has 9 heteroatoms. The van der Waals surface area contributed by atoms with Crippen LogP contribution >= 0.6 is 0 Å². The van der Waals surface area contributed by atoms with Gasteiger partial charge in [0.2, 0.25) is 5.91 Å². The van der Waals surface area contributed by atoms with Gasteiger partial charge >= 0.3 is 5.69 Å². The van der Waals surface area contributed by atoms with Crippen molar-refractivity contribution in [3.8, 4) is 22.4 Å². The monoisotopic (exact) mass is 538 g/mol. The predicted molar refractivity (Wildman–Crippen MR) is 156 cm³/mol. The first-order valence-electron chi connectivity index (χ1n) is 13.1. The lowest BCUT2D eigenvalue weighted by molar-refractivity contribution is -0.115. The molecule has 9 nitrogen and oxygen atoms in total. The zero-order valence-electron chi connectivity index (χ0n) is 22.6. The third-order valence-electron chi connectivity index (χ3n) is 6.71. The Labute approximate surface area is 230 Å². The van der Waals surface area contributed by atoms with Gasteiger partial charge in [-0.1, -0.05) is 49.4 Å². The van der Waals surface area contributed by atoms with E-state index < -0.39 is 5.69 Å². The zero-order valence-corrected chi connectivity index (χ0v) is 22.6. The van der Waals surface area contributed by atoms with Gasteiger partial charge in [-0.3, -0.25) is 14.2 Å². The fourth-order valence-corrected chi connectivity index (χ4v) is 4.63. The summed E-state index contributed by atoms with van der Waals surface area (Å²) in [5, 5.41) is 6.61. The average Bonchev–Trinajstić information content (AvgIpc) is 3.34. The molecule has 3 aromatic carbocycles. The van der Waals surface area contributed by atoms with Gasteiger partial charge in [0.25, 0.3) is 0 Å². The number of rotatable bonds is 10. The molecule has 40 heavy (non-hydrogen) atoms. The van der Waals surface area contributed by atoms with E-state index in [1.165, 1.54) is 6.92 Å². The Morgan fingerprint density at radius 3 is 2.35 bits per heavy atom. The molecule has 5 aromatic rings. The molecule has 0 atom stereocenters. The van der Waals surface area contributed by atoms with Crippen LogP contribution in [-0.2, 0) is 16.1 Å². The number of hydrogen-bond acceptors (Lipinski definition) is 7. The fourth-order valence-electron chi connectivity index (χ4n) is 4.63. The number of furan rings is 1. The number of hydrogen-bond donors (Lipinski definition) is 2. The van der Waals surface area contributed by atoms with E-state index in [-0.39, 0.29) is 18.2 Å². The smallest absolute Gasteiger partial charge is 0.348 e. The van der Waals surface area contributed by atoms with Crippen LogP contribution in [0.25, 0.3) is 44.5 Å². The fraction of sp³-hybridized carbons (Fsp3) is 0.226. The maximum absolute atomic E-state index is 13.3. The van der Waals surface area contributed by atoms with Crippen molar-refractivity contribution in [3.05, 3.63) is 82.8 Å². The normalized spacial score (nSPS) is 11.3. The van der Waals surface area contributed by atoms with E-state index >= 15 is 0 Å². The van der Waals surface area contributed by atoms with Crippen LogP contribution in [0.4, 0.5) is 5.69 Å². The summed E-state index contributed by atoms with van der Waals surface area (Å²) in [6, 6.07) is 20.4. The lowest BCUT2D eigenvalue weighted by Crippen LogP contribution is -2.27. The first-order chi connectivity index (χ1) is 19.4. The Kier molecular flexibility index (Phi) is 7.86. The van der Waals surface area contributed by atoms with E-state index in [1.54, 1.807) is 48.1 Å². The molecule has 1 amide bonds. The molecule has 0 aliphatic rings. The number of anilines is 1. The van der Waals surface area contributed by atoms with Crippen molar-refractivity contribution in [2.45, 2.75) is 20.4 Å². The van der Waals surface area contributed by atoms with Crippen molar-refractivity contribution < 1.29 is 18.7 Å². The topological polar surface area (TPSA) is 115 Å². The number of ketones is 1. The number of fused-ring (bicyclic) bond motifs is 3. The number of benzene rings is 3. The molecule has 2 heterocycles.